The van der Waals surface area contributed by atoms with Crippen molar-refractivity contribution in [1.29, 1.82) is 0 Å². The molecule has 4 heteroatoms. The lowest BCUT2D eigenvalue weighted by Gasteiger charge is -2.07. The highest BCUT2D eigenvalue weighted by atomic mass is 19.1. The van der Waals surface area contributed by atoms with Crippen LogP contribution in [0.4, 0.5) is 4.39 Å². The zero-order valence-electron chi connectivity index (χ0n) is 10.8. The van der Waals surface area contributed by atoms with Crippen molar-refractivity contribution in [2.75, 3.05) is 19.8 Å². The zero-order valence-corrected chi connectivity index (χ0v) is 10.8. The molecule has 3 nitrogen and oxygen atoms in total. The van der Waals surface area contributed by atoms with E-state index in [2.05, 4.69) is 11.9 Å². The molecule has 0 unspecified atom stereocenters. The molecule has 0 saturated carbocycles. The maximum atomic E-state index is 13.1. The molecule has 0 atom stereocenters. The van der Waals surface area contributed by atoms with Gasteiger partial charge in [0.1, 0.15) is 5.82 Å². The van der Waals surface area contributed by atoms with E-state index in [1.807, 2.05) is 6.92 Å². The van der Waals surface area contributed by atoms with E-state index in [1.54, 1.807) is 13.0 Å². The minimum Gasteiger partial charge on any atom is -0.375 e. The van der Waals surface area contributed by atoms with Crippen molar-refractivity contribution in [1.82, 2.24) is 5.32 Å². The summed E-state index contributed by atoms with van der Waals surface area (Å²) in [6, 6.07) is 4.25. The molecule has 0 aliphatic heterocycles. The Balaban J connectivity index is 2.38. The van der Waals surface area contributed by atoms with Gasteiger partial charge in [-0.05, 0) is 37.6 Å². The SMILES string of the molecule is C=C(C)COCCNC(=O)c1cc(C)cc(F)c1. The van der Waals surface area contributed by atoms with E-state index in [1.165, 1.54) is 12.1 Å². The second kappa shape index (κ2) is 6.91. The Morgan fingerprint density at radius 2 is 2.17 bits per heavy atom. The van der Waals surface area contributed by atoms with Crippen LogP contribution in [0, 0.1) is 12.7 Å². The Bertz CT molecular complexity index is 423. The number of amides is 1. The van der Waals surface area contributed by atoms with Crippen molar-refractivity contribution in [2.24, 2.45) is 0 Å². The smallest absolute Gasteiger partial charge is 0.251 e. The molecule has 18 heavy (non-hydrogen) atoms. The predicted molar refractivity (Wildman–Crippen MR) is 69.1 cm³/mol. The lowest BCUT2D eigenvalue weighted by Crippen LogP contribution is -2.27. The number of aryl methyl sites for hydroxylation is 1. The first-order chi connectivity index (χ1) is 8.49. The minimum absolute atomic E-state index is 0.295. The van der Waals surface area contributed by atoms with Gasteiger partial charge in [-0.2, -0.15) is 0 Å². The largest absolute Gasteiger partial charge is 0.375 e. The predicted octanol–water partition coefficient (Wildman–Crippen LogP) is 2.46. The summed E-state index contributed by atoms with van der Waals surface area (Å²) in [5, 5.41) is 2.67. The minimum atomic E-state index is -0.404. The number of halogens is 1. The van der Waals surface area contributed by atoms with E-state index >= 15 is 0 Å². The van der Waals surface area contributed by atoms with Gasteiger partial charge in [-0.3, -0.25) is 4.79 Å². The molecule has 0 saturated heterocycles. The third kappa shape index (κ3) is 5.10. The van der Waals surface area contributed by atoms with Gasteiger partial charge in [0.15, 0.2) is 0 Å². The van der Waals surface area contributed by atoms with Crippen LogP contribution in [0.5, 0.6) is 0 Å². The molecule has 0 spiro atoms. The monoisotopic (exact) mass is 251 g/mol. The number of carbonyl (C=O) groups is 1. The quantitative estimate of drug-likeness (QED) is 0.623. The number of ether oxygens (including phenoxy) is 1. The molecule has 0 aliphatic rings. The van der Waals surface area contributed by atoms with Gasteiger partial charge in [0, 0.05) is 12.1 Å². The van der Waals surface area contributed by atoms with Crippen molar-refractivity contribution in [3.63, 3.8) is 0 Å². The van der Waals surface area contributed by atoms with E-state index in [9.17, 15) is 9.18 Å². The fourth-order valence-electron chi connectivity index (χ4n) is 1.45. The van der Waals surface area contributed by atoms with E-state index in [-0.39, 0.29) is 5.91 Å². The highest BCUT2D eigenvalue weighted by molar-refractivity contribution is 5.94. The van der Waals surface area contributed by atoms with Crippen LogP contribution in [-0.2, 0) is 4.74 Å². The third-order valence-corrected chi connectivity index (χ3v) is 2.18. The Hall–Kier alpha value is -1.68. The first-order valence-electron chi connectivity index (χ1n) is 5.76. The van der Waals surface area contributed by atoms with Crippen molar-refractivity contribution in [3.8, 4) is 0 Å². The van der Waals surface area contributed by atoms with Crippen molar-refractivity contribution >= 4 is 5.91 Å². The highest BCUT2D eigenvalue weighted by Crippen LogP contribution is 2.07. The van der Waals surface area contributed by atoms with Gasteiger partial charge in [-0.15, -0.1) is 0 Å². The van der Waals surface area contributed by atoms with Crippen LogP contribution in [0.2, 0.25) is 0 Å². The molecule has 98 valence electrons. The fraction of sp³-hybridized carbons (Fsp3) is 0.357. The molecule has 1 aromatic rings. The lowest BCUT2D eigenvalue weighted by atomic mass is 10.1. The van der Waals surface area contributed by atoms with E-state index in [4.69, 9.17) is 4.74 Å². The van der Waals surface area contributed by atoms with Gasteiger partial charge in [0.2, 0.25) is 0 Å². The average molecular weight is 251 g/mol. The second-order valence-electron chi connectivity index (χ2n) is 4.28. The molecule has 1 N–H and O–H groups in total. The summed E-state index contributed by atoms with van der Waals surface area (Å²) in [6.07, 6.45) is 0. The van der Waals surface area contributed by atoms with Gasteiger partial charge in [0.05, 0.1) is 13.2 Å². The van der Waals surface area contributed by atoms with Crippen LogP contribution in [-0.4, -0.2) is 25.7 Å². The molecular weight excluding hydrogens is 233 g/mol. The number of hydrogen-bond donors (Lipinski definition) is 1. The summed E-state index contributed by atoms with van der Waals surface area (Å²) in [7, 11) is 0. The number of rotatable bonds is 6. The van der Waals surface area contributed by atoms with Gasteiger partial charge in [0.25, 0.3) is 5.91 Å². The van der Waals surface area contributed by atoms with E-state index in [0.29, 0.717) is 25.3 Å². The average Bonchev–Trinajstić information content (AvgIpc) is 2.26. The summed E-state index contributed by atoms with van der Waals surface area (Å²) in [4.78, 5) is 11.7. The molecule has 0 heterocycles. The molecule has 1 rings (SSSR count). The first kappa shape index (κ1) is 14.4. The van der Waals surface area contributed by atoms with Crippen LogP contribution >= 0.6 is 0 Å². The van der Waals surface area contributed by atoms with Crippen LogP contribution in [0.25, 0.3) is 0 Å². The van der Waals surface area contributed by atoms with Crippen LogP contribution < -0.4 is 5.32 Å². The molecule has 1 aromatic carbocycles. The number of nitrogens with one attached hydrogen (secondary N) is 1. The van der Waals surface area contributed by atoms with Crippen LogP contribution in [0.3, 0.4) is 0 Å². The second-order valence-corrected chi connectivity index (χ2v) is 4.28. The fourth-order valence-corrected chi connectivity index (χ4v) is 1.45. The lowest BCUT2D eigenvalue weighted by molar-refractivity contribution is 0.0926. The molecule has 0 bridgehead atoms. The zero-order chi connectivity index (χ0) is 13.5. The number of benzene rings is 1. The van der Waals surface area contributed by atoms with E-state index < -0.39 is 5.82 Å². The standard InChI is InChI=1S/C14H18FNO2/c1-10(2)9-18-5-4-16-14(17)12-6-11(3)7-13(15)8-12/h6-8H,1,4-5,9H2,2-3H3,(H,16,17). The van der Waals surface area contributed by atoms with Crippen molar-refractivity contribution in [2.45, 2.75) is 13.8 Å². The Kier molecular flexibility index (Phi) is 5.52. The topological polar surface area (TPSA) is 38.3 Å². The summed E-state index contributed by atoms with van der Waals surface area (Å²) < 4.78 is 18.3. The Morgan fingerprint density at radius 1 is 1.44 bits per heavy atom. The third-order valence-electron chi connectivity index (χ3n) is 2.18. The van der Waals surface area contributed by atoms with Crippen LogP contribution in [0.1, 0.15) is 22.8 Å². The number of hydrogen-bond acceptors (Lipinski definition) is 2. The first-order valence-corrected chi connectivity index (χ1v) is 5.76. The van der Waals surface area contributed by atoms with Gasteiger partial charge < -0.3 is 10.1 Å². The number of carbonyl (C=O) groups excluding carboxylic acids is 1. The molecule has 0 aliphatic carbocycles. The van der Waals surface area contributed by atoms with Gasteiger partial charge in [-0.1, -0.05) is 12.2 Å². The van der Waals surface area contributed by atoms with Crippen molar-refractivity contribution in [3.05, 3.63) is 47.3 Å². The summed E-state index contributed by atoms with van der Waals surface area (Å²) in [5.41, 5.74) is 1.98. The highest BCUT2D eigenvalue weighted by Gasteiger charge is 2.06. The van der Waals surface area contributed by atoms with Crippen molar-refractivity contribution < 1.29 is 13.9 Å². The Morgan fingerprint density at radius 3 is 2.78 bits per heavy atom. The summed E-state index contributed by atoms with van der Waals surface area (Å²) in [5.74, 6) is -0.699. The summed E-state index contributed by atoms with van der Waals surface area (Å²) in [6.45, 7) is 8.60. The molecule has 0 aromatic heterocycles. The molecular formula is C14H18FNO2. The Labute approximate surface area is 107 Å². The van der Waals surface area contributed by atoms with Gasteiger partial charge >= 0.3 is 0 Å². The van der Waals surface area contributed by atoms with Gasteiger partial charge in [-0.25, -0.2) is 4.39 Å². The molecule has 0 radical (unpaired) electrons. The maximum absolute atomic E-state index is 13.1. The normalized spacial score (nSPS) is 10.2. The summed E-state index contributed by atoms with van der Waals surface area (Å²) >= 11 is 0. The van der Waals surface area contributed by atoms with Crippen LogP contribution in [0.15, 0.2) is 30.4 Å². The molecule has 1 amide bonds. The van der Waals surface area contributed by atoms with E-state index in [0.717, 1.165) is 11.1 Å². The molecule has 0 fully saturated rings. The maximum Gasteiger partial charge on any atom is 0.251 e.